The molecule has 2 nitrogen and oxygen atoms in total. The van der Waals surface area contributed by atoms with Gasteiger partial charge in [-0.3, -0.25) is 0 Å². The smallest absolute Gasteiger partial charge is 0.151 e. The number of aliphatic hydroxyl groups is 1. The summed E-state index contributed by atoms with van der Waals surface area (Å²) in [5.41, 5.74) is 2.79. The molecule has 4 aliphatic rings. The van der Waals surface area contributed by atoms with Crippen LogP contribution < -0.4 is 0 Å². The van der Waals surface area contributed by atoms with Gasteiger partial charge in [0.05, 0.1) is 6.61 Å². The number of hydrogen-bond acceptors (Lipinski definition) is 2. The van der Waals surface area contributed by atoms with Gasteiger partial charge in [-0.25, -0.2) is 0 Å². The van der Waals surface area contributed by atoms with Gasteiger partial charge in [-0.2, -0.15) is 0 Å². The van der Waals surface area contributed by atoms with Gasteiger partial charge < -0.3 is 9.84 Å². The molecule has 8 atom stereocenters. The van der Waals surface area contributed by atoms with E-state index in [2.05, 4.69) is 33.8 Å². The number of rotatable bonds is 8. The second-order valence-electron chi connectivity index (χ2n) is 12.8. The predicted molar refractivity (Wildman–Crippen MR) is 130 cm³/mol. The molecule has 3 fully saturated rings. The summed E-state index contributed by atoms with van der Waals surface area (Å²) in [6.45, 7) is 12.5. The molecule has 0 radical (unpaired) electrons. The lowest BCUT2D eigenvalue weighted by Gasteiger charge is -2.58. The minimum atomic E-state index is -0.630. The van der Waals surface area contributed by atoms with Crippen LogP contribution in [0.3, 0.4) is 0 Å². The molecule has 31 heavy (non-hydrogen) atoms. The summed E-state index contributed by atoms with van der Waals surface area (Å²) in [6, 6.07) is 0. The van der Waals surface area contributed by atoms with Gasteiger partial charge >= 0.3 is 0 Å². The standard InChI is InChI=1S/C29H50O2/c1-20(2)8-6-7-9-23-11-13-26-25-12-10-24-18-22(19-31-21(3)30)14-16-29(24,5)27(25)15-17-28(23,26)4/h10,20-23,25-27,30H,6-9,11-19H2,1-5H3/t21?,22-,23-,25-,26-,27?,28+,29-/m0/s1. The van der Waals surface area contributed by atoms with Crippen molar-refractivity contribution in [2.75, 3.05) is 6.61 Å². The van der Waals surface area contributed by atoms with Crippen LogP contribution in [0.4, 0.5) is 0 Å². The molecule has 4 rings (SSSR count). The first-order valence-electron chi connectivity index (χ1n) is 13.7. The predicted octanol–water partition coefficient (Wildman–Crippen LogP) is 7.75. The molecular weight excluding hydrogens is 380 g/mol. The van der Waals surface area contributed by atoms with Crippen molar-refractivity contribution in [3.63, 3.8) is 0 Å². The lowest BCUT2D eigenvalue weighted by atomic mass is 9.47. The average molecular weight is 431 g/mol. The highest BCUT2D eigenvalue weighted by Gasteiger charge is 2.58. The Balaban J connectivity index is 1.41. The number of unbranched alkanes of at least 4 members (excludes halogenated alkanes) is 1. The highest BCUT2D eigenvalue weighted by atomic mass is 16.6. The summed E-state index contributed by atoms with van der Waals surface area (Å²) < 4.78 is 5.56. The maximum absolute atomic E-state index is 9.51. The average Bonchev–Trinajstić information content (AvgIpc) is 3.05. The van der Waals surface area contributed by atoms with Gasteiger partial charge in [0.15, 0.2) is 6.29 Å². The highest BCUT2D eigenvalue weighted by molar-refractivity contribution is 5.25. The van der Waals surface area contributed by atoms with Crippen LogP contribution in [0, 0.1) is 46.3 Å². The van der Waals surface area contributed by atoms with Gasteiger partial charge in [-0.15, -0.1) is 0 Å². The van der Waals surface area contributed by atoms with Crippen molar-refractivity contribution in [1.29, 1.82) is 0 Å². The van der Waals surface area contributed by atoms with E-state index in [-0.39, 0.29) is 0 Å². The molecule has 178 valence electrons. The van der Waals surface area contributed by atoms with Crippen molar-refractivity contribution < 1.29 is 9.84 Å². The molecule has 0 aromatic heterocycles. The van der Waals surface area contributed by atoms with Crippen LogP contribution in [0.1, 0.15) is 112 Å². The van der Waals surface area contributed by atoms with Crippen LogP contribution in [-0.4, -0.2) is 18.0 Å². The van der Waals surface area contributed by atoms with E-state index >= 15 is 0 Å². The third-order valence-electron chi connectivity index (χ3n) is 10.6. The van der Waals surface area contributed by atoms with E-state index in [0.717, 1.165) is 36.2 Å². The highest BCUT2D eigenvalue weighted by Crippen LogP contribution is 2.67. The van der Waals surface area contributed by atoms with Crippen molar-refractivity contribution in [3.05, 3.63) is 11.6 Å². The van der Waals surface area contributed by atoms with E-state index in [1.165, 1.54) is 77.0 Å². The van der Waals surface area contributed by atoms with Gasteiger partial charge in [0.1, 0.15) is 0 Å². The summed E-state index contributed by atoms with van der Waals surface area (Å²) in [6.07, 6.45) is 18.9. The fourth-order valence-electron chi connectivity index (χ4n) is 8.68. The second kappa shape index (κ2) is 9.49. The molecule has 0 aliphatic heterocycles. The molecule has 0 aromatic carbocycles. The molecule has 0 spiro atoms. The maximum atomic E-state index is 9.51. The Bertz CT molecular complexity index is 637. The number of aliphatic hydroxyl groups excluding tert-OH is 1. The van der Waals surface area contributed by atoms with E-state index in [1.54, 1.807) is 12.5 Å². The third kappa shape index (κ3) is 4.68. The molecule has 1 N–H and O–H groups in total. The zero-order valence-electron chi connectivity index (χ0n) is 21.2. The van der Waals surface area contributed by atoms with Crippen molar-refractivity contribution in [3.8, 4) is 0 Å². The molecule has 0 aromatic rings. The number of allylic oxidation sites excluding steroid dienone is 2. The Kier molecular flexibility index (Phi) is 7.29. The molecule has 3 saturated carbocycles. The van der Waals surface area contributed by atoms with Gasteiger partial charge in [0, 0.05) is 0 Å². The molecule has 0 bridgehead atoms. The van der Waals surface area contributed by atoms with Crippen LogP contribution >= 0.6 is 0 Å². The third-order valence-corrected chi connectivity index (χ3v) is 10.6. The molecule has 0 heterocycles. The van der Waals surface area contributed by atoms with Gasteiger partial charge in [0.25, 0.3) is 0 Å². The van der Waals surface area contributed by atoms with Gasteiger partial charge in [-0.05, 0) is 111 Å². The van der Waals surface area contributed by atoms with E-state index in [4.69, 9.17) is 4.74 Å². The molecule has 2 unspecified atom stereocenters. The maximum Gasteiger partial charge on any atom is 0.151 e. The number of ether oxygens (including phenoxy) is 1. The first kappa shape index (κ1) is 23.8. The summed E-state index contributed by atoms with van der Waals surface area (Å²) >= 11 is 0. The van der Waals surface area contributed by atoms with Crippen LogP contribution in [0.15, 0.2) is 11.6 Å². The van der Waals surface area contributed by atoms with E-state index in [0.29, 0.717) is 16.7 Å². The van der Waals surface area contributed by atoms with Crippen LogP contribution in [-0.2, 0) is 4.74 Å². The lowest BCUT2D eigenvalue weighted by Crippen LogP contribution is -2.50. The molecule has 0 saturated heterocycles. The summed E-state index contributed by atoms with van der Waals surface area (Å²) in [4.78, 5) is 0. The quantitative estimate of drug-likeness (QED) is 0.242. The molecule has 0 amide bonds. The number of fused-ring (bicyclic) bond motifs is 5. The molecule has 2 heteroatoms. The van der Waals surface area contributed by atoms with Crippen LogP contribution in [0.25, 0.3) is 0 Å². The van der Waals surface area contributed by atoms with Crippen molar-refractivity contribution in [2.24, 2.45) is 46.3 Å². The Morgan fingerprint density at radius 2 is 1.84 bits per heavy atom. The Labute approximate surface area is 192 Å². The zero-order chi connectivity index (χ0) is 22.2. The Hall–Kier alpha value is -0.340. The first-order valence-corrected chi connectivity index (χ1v) is 13.7. The first-order chi connectivity index (χ1) is 14.7. The number of hydrogen-bond donors (Lipinski definition) is 1. The fourth-order valence-corrected chi connectivity index (χ4v) is 8.68. The van der Waals surface area contributed by atoms with E-state index < -0.39 is 6.29 Å². The molecular formula is C29H50O2. The minimum absolute atomic E-state index is 0.431. The van der Waals surface area contributed by atoms with Crippen LogP contribution in [0.2, 0.25) is 0 Å². The largest absolute Gasteiger partial charge is 0.368 e. The monoisotopic (exact) mass is 430 g/mol. The summed E-state index contributed by atoms with van der Waals surface area (Å²) in [5, 5.41) is 9.51. The van der Waals surface area contributed by atoms with E-state index in [1.807, 2.05) is 0 Å². The topological polar surface area (TPSA) is 29.5 Å². The van der Waals surface area contributed by atoms with Crippen molar-refractivity contribution >= 4 is 0 Å². The second-order valence-corrected chi connectivity index (χ2v) is 12.8. The fraction of sp³-hybridized carbons (Fsp3) is 0.931. The van der Waals surface area contributed by atoms with Gasteiger partial charge in [0.2, 0.25) is 0 Å². The van der Waals surface area contributed by atoms with E-state index in [9.17, 15) is 5.11 Å². The van der Waals surface area contributed by atoms with Crippen molar-refractivity contribution in [1.82, 2.24) is 0 Å². The Morgan fingerprint density at radius 3 is 2.58 bits per heavy atom. The Morgan fingerprint density at radius 1 is 1.03 bits per heavy atom. The van der Waals surface area contributed by atoms with Crippen molar-refractivity contribution in [2.45, 2.75) is 118 Å². The normalized spacial score (nSPS) is 43.2. The van der Waals surface area contributed by atoms with Crippen LogP contribution in [0.5, 0.6) is 0 Å². The summed E-state index contributed by atoms with van der Waals surface area (Å²) in [7, 11) is 0. The lowest BCUT2D eigenvalue weighted by molar-refractivity contribution is -0.103. The SMILES string of the molecule is CC(C)CCCC[C@H]1CC[C@H]2[C@@H]3CC=C4C[C@@H](COC(C)O)CC[C@]4(C)C3CC[C@]12C. The van der Waals surface area contributed by atoms with Gasteiger partial charge in [-0.1, -0.05) is 58.6 Å². The summed E-state index contributed by atoms with van der Waals surface area (Å²) in [5.74, 6) is 5.24. The minimum Gasteiger partial charge on any atom is -0.368 e. The molecule has 4 aliphatic carbocycles. The zero-order valence-corrected chi connectivity index (χ0v) is 21.2.